The summed E-state index contributed by atoms with van der Waals surface area (Å²) in [4.78, 5) is 18.4. The summed E-state index contributed by atoms with van der Waals surface area (Å²) in [5, 5.41) is 8.93. The van der Waals surface area contributed by atoms with Gasteiger partial charge in [-0.05, 0) is 48.9 Å². The Kier molecular flexibility index (Phi) is 4.51. The van der Waals surface area contributed by atoms with Crippen molar-refractivity contribution in [2.45, 2.75) is 46.1 Å². The fourth-order valence-electron chi connectivity index (χ4n) is 5.06. The Bertz CT molecular complexity index is 1110. The molecule has 2 N–H and O–H groups in total. The van der Waals surface area contributed by atoms with Crippen LogP contribution >= 0.6 is 0 Å². The second-order valence-corrected chi connectivity index (χ2v) is 9.82. The first-order valence-electron chi connectivity index (χ1n) is 10.9. The number of carbonyl (C=O) groups excluding carboxylic acids is 1. The highest BCUT2D eigenvalue weighted by molar-refractivity contribution is 5.99. The van der Waals surface area contributed by atoms with Gasteiger partial charge < -0.3 is 14.6 Å². The Morgan fingerprint density at radius 2 is 2.10 bits per heavy atom. The van der Waals surface area contributed by atoms with Crippen molar-refractivity contribution >= 4 is 16.8 Å². The number of ether oxygens (including phenoxy) is 1. The van der Waals surface area contributed by atoms with Crippen molar-refractivity contribution in [3.63, 3.8) is 0 Å². The molecule has 1 aliphatic carbocycles. The predicted octanol–water partition coefficient (Wildman–Crippen LogP) is 4.18. The van der Waals surface area contributed by atoms with Crippen LogP contribution in [0.1, 0.15) is 48.8 Å². The average Bonchev–Trinajstić information content (AvgIpc) is 3.41. The molecule has 0 spiro atoms. The standard InChI is InChI=1S/C24H30N4O2/c1-14-12-28(13-21(14)30-4)23(29)15-5-6-18-16(9-15)10-19(25-18)22-17-7-8-24(2,3)11-20(17)26-27-22/h5-6,9-10,14,21,25H,7-8,11-13H2,1-4H3,(H,26,27)/t14-,21+/m1/s1. The van der Waals surface area contributed by atoms with Gasteiger partial charge in [0.15, 0.2) is 0 Å². The molecule has 2 aromatic heterocycles. The maximum Gasteiger partial charge on any atom is 0.253 e. The predicted molar refractivity (Wildman–Crippen MR) is 118 cm³/mol. The number of nitrogens with zero attached hydrogens (tertiary/aromatic N) is 2. The number of hydrogen-bond acceptors (Lipinski definition) is 3. The largest absolute Gasteiger partial charge is 0.379 e. The number of hydrogen-bond donors (Lipinski definition) is 2. The van der Waals surface area contributed by atoms with Crippen LogP contribution in [0.4, 0.5) is 0 Å². The Hall–Kier alpha value is -2.60. The summed E-state index contributed by atoms with van der Waals surface area (Å²) in [6.45, 7) is 8.16. The summed E-state index contributed by atoms with van der Waals surface area (Å²) in [6, 6.07) is 8.03. The lowest BCUT2D eigenvalue weighted by molar-refractivity contribution is 0.0693. The molecule has 6 nitrogen and oxygen atoms in total. The highest BCUT2D eigenvalue weighted by Crippen LogP contribution is 2.38. The number of methoxy groups -OCH3 is 1. The molecule has 0 unspecified atom stereocenters. The third kappa shape index (κ3) is 3.23. The maximum atomic E-state index is 13.0. The van der Waals surface area contributed by atoms with E-state index in [0.29, 0.717) is 17.9 Å². The maximum absolute atomic E-state index is 13.0. The lowest BCUT2D eigenvalue weighted by Gasteiger charge is -2.28. The van der Waals surface area contributed by atoms with Crippen LogP contribution in [0, 0.1) is 11.3 Å². The first-order chi connectivity index (χ1) is 14.3. The molecule has 158 valence electrons. The summed E-state index contributed by atoms with van der Waals surface area (Å²) in [7, 11) is 1.72. The number of amides is 1. The van der Waals surface area contributed by atoms with Crippen molar-refractivity contribution in [1.29, 1.82) is 0 Å². The zero-order chi connectivity index (χ0) is 21.0. The van der Waals surface area contributed by atoms with Crippen molar-refractivity contribution < 1.29 is 9.53 Å². The van der Waals surface area contributed by atoms with Crippen LogP contribution in [0.2, 0.25) is 0 Å². The molecular formula is C24H30N4O2. The van der Waals surface area contributed by atoms with E-state index in [-0.39, 0.29) is 12.0 Å². The minimum atomic E-state index is 0.0745. The summed E-state index contributed by atoms with van der Waals surface area (Å²) < 4.78 is 5.50. The first kappa shape index (κ1) is 19.4. The molecule has 0 radical (unpaired) electrons. The van der Waals surface area contributed by atoms with Gasteiger partial charge >= 0.3 is 0 Å². The topological polar surface area (TPSA) is 74.0 Å². The van der Waals surface area contributed by atoms with Gasteiger partial charge in [-0.25, -0.2) is 0 Å². The Labute approximate surface area is 177 Å². The molecule has 5 rings (SSSR count). The SMILES string of the molecule is CO[C@H]1CN(C(=O)c2ccc3[nH]c(-c4n[nH]c5c4CCC(C)(C)C5)cc3c2)C[C@H]1C. The Morgan fingerprint density at radius 1 is 1.27 bits per heavy atom. The molecule has 30 heavy (non-hydrogen) atoms. The minimum Gasteiger partial charge on any atom is -0.379 e. The van der Waals surface area contributed by atoms with Crippen molar-refractivity contribution in [3.05, 3.63) is 41.1 Å². The molecule has 3 heterocycles. The van der Waals surface area contributed by atoms with Crippen LogP contribution < -0.4 is 0 Å². The minimum absolute atomic E-state index is 0.0745. The normalized spacial score (nSPS) is 23.1. The molecule has 0 bridgehead atoms. The fraction of sp³-hybridized carbons (Fsp3) is 0.500. The van der Waals surface area contributed by atoms with E-state index >= 15 is 0 Å². The highest BCUT2D eigenvalue weighted by atomic mass is 16.5. The van der Waals surface area contributed by atoms with E-state index in [2.05, 4.69) is 42.0 Å². The van der Waals surface area contributed by atoms with Crippen molar-refractivity contribution in [2.75, 3.05) is 20.2 Å². The van der Waals surface area contributed by atoms with Crippen LogP contribution in [0.25, 0.3) is 22.3 Å². The monoisotopic (exact) mass is 406 g/mol. The molecule has 6 heteroatoms. The van der Waals surface area contributed by atoms with Crippen LogP contribution in [-0.4, -0.2) is 52.3 Å². The van der Waals surface area contributed by atoms with Gasteiger partial charge in [-0.3, -0.25) is 9.89 Å². The molecule has 2 aliphatic rings. The van der Waals surface area contributed by atoms with E-state index in [1.165, 1.54) is 17.7 Å². The summed E-state index contributed by atoms with van der Waals surface area (Å²) in [6.07, 6.45) is 3.36. The second-order valence-electron chi connectivity index (χ2n) is 9.82. The van der Waals surface area contributed by atoms with Gasteiger partial charge in [0.2, 0.25) is 0 Å². The molecule has 1 aromatic carbocycles. The molecule has 1 aliphatic heterocycles. The number of aromatic nitrogens is 3. The number of rotatable bonds is 3. The van der Waals surface area contributed by atoms with Gasteiger partial charge in [0.1, 0.15) is 5.69 Å². The number of benzene rings is 1. The number of H-pyrrole nitrogens is 2. The van der Waals surface area contributed by atoms with Crippen LogP contribution in [0.5, 0.6) is 0 Å². The van der Waals surface area contributed by atoms with Crippen molar-refractivity contribution in [2.24, 2.45) is 11.3 Å². The average molecular weight is 407 g/mol. The third-order valence-electron chi connectivity index (χ3n) is 6.92. The molecule has 3 aromatic rings. The summed E-state index contributed by atoms with van der Waals surface area (Å²) in [5.41, 5.74) is 6.69. The van der Waals surface area contributed by atoms with Crippen molar-refractivity contribution in [1.82, 2.24) is 20.1 Å². The van der Waals surface area contributed by atoms with Crippen LogP contribution in [0.15, 0.2) is 24.3 Å². The number of likely N-dealkylation sites (tertiary alicyclic amines) is 1. The molecule has 1 amide bonds. The lowest BCUT2D eigenvalue weighted by Crippen LogP contribution is -2.29. The van der Waals surface area contributed by atoms with E-state index in [1.807, 2.05) is 23.1 Å². The van der Waals surface area contributed by atoms with Crippen LogP contribution in [0.3, 0.4) is 0 Å². The lowest BCUT2D eigenvalue weighted by atomic mass is 9.76. The Morgan fingerprint density at radius 3 is 2.87 bits per heavy atom. The van der Waals surface area contributed by atoms with E-state index in [0.717, 1.165) is 47.2 Å². The zero-order valence-electron chi connectivity index (χ0n) is 18.2. The third-order valence-corrected chi connectivity index (χ3v) is 6.92. The number of fused-ring (bicyclic) bond motifs is 2. The van der Waals surface area contributed by atoms with E-state index in [4.69, 9.17) is 4.74 Å². The van der Waals surface area contributed by atoms with Crippen molar-refractivity contribution in [3.8, 4) is 11.4 Å². The highest BCUT2D eigenvalue weighted by Gasteiger charge is 2.33. The molecule has 2 atom stereocenters. The van der Waals surface area contributed by atoms with Gasteiger partial charge in [-0.15, -0.1) is 0 Å². The molecular weight excluding hydrogens is 376 g/mol. The smallest absolute Gasteiger partial charge is 0.253 e. The van der Waals surface area contributed by atoms with Gasteiger partial charge in [0.25, 0.3) is 5.91 Å². The quantitative estimate of drug-likeness (QED) is 0.685. The van der Waals surface area contributed by atoms with Gasteiger partial charge in [0.05, 0.1) is 11.8 Å². The van der Waals surface area contributed by atoms with Gasteiger partial charge in [-0.1, -0.05) is 20.8 Å². The Balaban J connectivity index is 1.43. The van der Waals surface area contributed by atoms with E-state index < -0.39 is 0 Å². The number of carbonyl (C=O) groups is 1. The number of aromatic amines is 2. The first-order valence-corrected chi connectivity index (χ1v) is 10.9. The molecule has 1 fully saturated rings. The van der Waals surface area contributed by atoms with Crippen LogP contribution in [-0.2, 0) is 17.6 Å². The van der Waals surface area contributed by atoms with E-state index in [9.17, 15) is 4.79 Å². The molecule has 0 saturated carbocycles. The number of nitrogens with one attached hydrogen (secondary N) is 2. The molecule has 1 saturated heterocycles. The fourth-order valence-corrected chi connectivity index (χ4v) is 5.06. The van der Waals surface area contributed by atoms with E-state index in [1.54, 1.807) is 7.11 Å². The zero-order valence-corrected chi connectivity index (χ0v) is 18.2. The van der Waals surface area contributed by atoms with Gasteiger partial charge in [-0.2, -0.15) is 5.10 Å². The summed E-state index contributed by atoms with van der Waals surface area (Å²) >= 11 is 0. The van der Waals surface area contributed by atoms with Gasteiger partial charge in [0, 0.05) is 53.8 Å². The summed E-state index contributed by atoms with van der Waals surface area (Å²) in [5.74, 6) is 0.433. The second kappa shape index (κ2) is 6.98.